The number of amides is 1. The molecule has 0 aromatic heterocycles. The standard InChI is InChI=1S/C23H30N2O2/c26-23(25-21-6-1-7-21)20-9-8-19-15-22(11-10-18(19)14-20)27-13-3-5-17-4-2-12-24-16-17/h8-11,14-15,17,21,24H,1-7,12-13,16H2,(H,25,26). The number of fused-ring (bicyclic) bond motifs is 1. The largest absolute Gasteiger partial charge is 0.494 e. The topological polar surface area (TPSA) is 50.4 Å². The minimum Gasteiger partial charge on any atom is -0.494 e. The summed E-state index contributed by atoms with van der Waals surface area (Å²) < 4.78 is 5.96. The van der Waals surface area contributed by atoms with Crippen molar-refractivity contribution in [2.24, 2.45) is 5.92 Å². The van der Waals surface area contributed by atoms with Gasteiger partial charge in [0.25, 0.3) is 5.91 Å². The zero-order chi connectivity index (χ0) is 18.5. The zero-order valence-electron chi connectivity index (χ0n) is 16.0. The highest BCUT2D eigenvalue weighted by Gasteiger charge is 2.20. The molecule has 1 heterocycles. The normalized spacial score (nSPS) is 20.2. The van der Waals surface area contributed by atoms with Gasteiger partial charge in [-0.15, -0.1) is 0 Å². The van der Waals surface area contributed by atoms with E-state index in [1.807, 2.05) is 24.3 Å². The lowest BCUT2D eigenvalue weighted by atomic mass is 9.93. The Labute approximate surface area is 161 Å². The molecule has 144 valence electrons. The van der Waals surface area contributed by atoms with Gasteiger partial charge in [0, 0.05) is 11.6 Å². The molecular formula is C23H30N2O2. The molecule has 1 unspecified atom stereocenters. The van der Waals surface area contributed by atoms with Crippen LogP contribution in [0.15, 0.2) is 36.4 Å². The third-order valence-electron chi connectivity index (χ3n) is 5.94. The molecule has 2 N–H and O–H groups in total. The molecule has 2 aliphatic rings. The van der Waals surface area contributed by atoms with Crippen LogP contribution in [0.1, 0.15) is 55.3 Å². The van der Waals surface area contributed by atoms with Crippen molar-refractivity contribution in [1.82, 2.24) is 10.6 Å². The first kappa shape index (κ1) is 18.3. The lowest BCUT2D eigenvalue weighted by molar-refractivity contribution is 0.0917. The van der Waals surface area contributed by atoms with Crippen LogP contribution in [0.5, 0.6) is 5.75 Å². The highest BCUT2D eigenvalue weighted by Crippen LogP contribution is 2.24. The zero-order valence-corrected chi connectivity index (χ0v) is 16.0. The monoisotopic (exact) mass is 366 g/mol. The number of carbonyl (C=O) groups excluding carboxylic acids is 1. The third kappa shape index (κ3) is 4.81. The predicted octanol–water partition coefficient (Wildman–Crippen LogP) is 4.28. The highest BCUT2D eigenvalue weighted by atomic mass is 16.5. The lowest BCUT2D eigenvalue weighted by Gasteiger charge is -2.26. The van der Waals surface area contributed by atoms with Crippen molar-refractivity contribution in [2.75, 3.05) is 19.7 Å². The number of benzene rings is 2. The van der Waals surface area contributed by atoms with Gasteiger partial charge in [-0.05, 0) is 99.0 Å². The van der Waals surface area contributed by atoms with Crippen molar-refractivity contribution in [3.63, 3.8) is 0 Å². The second-order valence-corrected chi connectivity index (χ2v) is 8.03. The van der Waals surface area contributed by atoms with Crippen molar-refractivity contribution < 1.29 is 9.53 Å². The fraction of sp³-hybridized carbons (Fsp3) is 0.522. The van der Waals surface area contributed by atoms with Crippen LogP contribution >= 0.6 is 0 Å². The molecule has 2 fully saturated rings. The van der Waals surface area contributed by atoms with E-state index in [9.17, 15) is 4.79 Å². The molecule has 0 bridgehead atoms. The van der Waals surface area contributed by atoms with Gasteiger partial charge < -0.3 is 15.4 Å². The summed E-state index contributed by atoms with van der Waals surface area (Å²) in [7, 11) is 0. The minimum absolute atomic E-state index is 0.0409. The Balaban J connectivity index is 1.30. The molecule has 4 nitrogen and oxygen atoms in total. The first-order valence-electron chi connectivity index (χ1n) is 10.5. The second-order valence-electron chi connectivity index (χ2n) is 8.03. The fourth-order valence-corrected chi connectivity index (χ4v) is 4.01. The first-order valence-corrected chi connectivity index (χ1v) is 10.5. The second kappa shape index (κ2) is 8.75. The maximum atomic E-state index is 12.3. The molecular weight excluding hydrogens is 336 g/mol. The number of piperidine rings is 1. The Morgan fingerprint density at radius 3 is 2.70 bits per heavy atom. The summed E-state index contributed by atoms with van der Waals surface area (Å²) in [6.45, 7) is 3.10. The van der Waals surface area contributed by atoms with Crippen LogP contribution in [-0.4, -0.2) is 31.6 Å². The smallest absolute Gasteiger partial charge is 0.251 e. The number of ether oxygens (including phenoxy) is 1. The number of hydrogen-bond acceptors (Lipinski definition) is 3. The van der Waals surface area contributed by atoms with E-state index < -0.39 is 0 Å². The molecule has 1 saturated carbocycles. The summed E-state index contributed by atoms with van der Waals surface area (Å²) in [5.41, 5.74) is 0.740. The molecule has 4 rings (SSSR count). The molecule has 1 saturated heterocycles. The molecule has 1 aliphatic heterocycles. The summed E-state index contributed by atoms with van der Waals surface area (Å²) in [6, 6.07) is 12.4. The lowest BCUT2D eigenvalue weighted by Crippen LogP contribution is -2.39. The van der Waals surface area contributed by atoms with Gasteiger partial charge in [0.2, 0.25) is 0 Å². The molecule has 1 amide bonds. The van der Waals surface area contributed by atoms with Crippen LogP contribution in [0.2, 0.25) is 0 Å². The molecule has 2 aromatic rings. The van der Waals surface area contributed by atoms with E-state index in [1.165, 1.54) is 32.2 Å². The minimum atomic E-state index is 0.0409. The van der Waals surface area contributed by atoms with E-state index >= 15 is 0 Å². The number of hydrogen-bond donors (Lipinski definition) is 2. The number of carbonyl (C=O) groups is 1. The van der Waals surface area contributed by atoms with E-state index in [1.54, 1.807) is 0 Å². The third-order valence-corrected chi connectivity index (χ3v) is 5.94. The van der Waals surface area contributed by atoms with Crippen molar-refractivity contribution in [1.29, 1.82) is 0 Å². The van der Waals surface area contributed by atoms with E-state index in [-0.39, 0.29) is 5.91 Å². The maximum Gasteiger partial charge on any atom is 0.251 e. The number of rotatable bonds is 7. The van der Waals surface area contributed by atoms with Gasteiger partial charge in [-0.3, -0.25) is 4.79 Å². The van der Waals surface area contributed by atoms with Gasteiger partial charge in [0.15, 0.2) is 0 Å². The Hall–Kier alpha value is -2.07. The van der Waals surface area contributed by atoms with Gasteiger partial charge >= 0.3 is 0 Å². The molecule has 0 radical (unpaired) electrons. The van der Waals surface area contributed by atoms with E-state index in [0.29, 0.717) is 6.04 Å². The van der Waals surface area contributed by atoms with E-state index in [2.05, 4.69) is 22.8 Å². The average Bonchev–Trinajstić information content (AvgIpc) is 2.68. The SMILES string of the molecule is O=C(NC1CCC1)c1ccc2cc(OCCCC3CCCNC3)ccc2c1. The van der Waals surface area contributed by atoms with Gasteiger partial charge in [0.1, 0.15) is 5.75 Å². The summed E-state index contributed by atoms with van der Waals surface area (Å²) in [5.74, 6) is 1.76. The number of nitrogens with one attached hydrogen (secondary N) is 2. The molecule has 27 heavy (non-hydrogen) atoms. The molecule has 2 aromatic carbocycles. The molecule has 4 heteroatoms. The van der Waals surface area contributed by atoms with Crippen LogP contribution in [-0.2, 0) is 0 Å². The van der Waals surface area contributed by atoms with Crippen molar-refractivity contribution in [3.8, 4) is 5.75 Å². The summed E-state index contributed by atoms with van der Waals surface area (Å²) in [4.78, 5) is 12.3. The van der Waals surface area contributed by atoms with Crippen molar-refractivity contribution in [2.45, 2.75) is 51.0 Å². The van der Waals surface area contributed by atoms with E-state index in [0.717, 1.165) is 60.4 Å². The van der Waals surface area contributed by atoms with Gasteiger partial charge in [-0.2, -0.15) is 0 Å². The quantitative estimate of drug-likeness (QED) is 0.719. The van der Waals surface area contributed by atoms with E-state index in [4.69, 9.17) is 4.74 Å². The maximum absolute atomic E-state index is 12.3. The van der Waals surface area contributed by atoms with Gasteiger partial charge in [0.05, 0.1) is 6.61 Å². The predicted molar refractivity (Wildman–Crippen MR) is 109 cm³/mol. The Kier molecular flexibility index (Phi) is 5.93. The van der Waals surface area contributed by atoms with Crippen molar-refractivity contribution in [3.05, 3.63) is 42.0 Å². The summed E-state index contributed by atoms with van der Waals surface area (Å²) in [5, 5.41) is 8.77. The summed E-state index contributed by atoms with van der Waals surface area (Å²) >= 11 is 0. The molecule has 1 aliphatic carbocycles. The van der Waals surface area contributed by atoms with Crippen LogP contribution in [0.3, 0.4) is 0 Å². The molecule has 0 spiro atoms. The Morgan fingerprint density at radius 2 is 1.93 bits per heavy atom. The van der Waals surface area contributed by atoms with Crippen LogP contribution in [0, 0.1) is 5.92 Å². The Morgan fingerprint density at radius 1 is 1.07 bits per heavy atom. The average molecular weight is 367 g/mol. The Bertz CT molecular complexity index is 779. The van der Waals surface area contributed by atoms with Crippen molar-refractivity contribution >= 4 is 16.7 Å². The van der Waals surface area contributed by atoms with Crippen LogP contribution in [0.4, 0.5) is 0 Å². The highest BCUT2D eigenvalue weighted by molar-refractivity contribution is 5.99. The molecule has 1 atom stereocenters. The van der Waals surface area contributed by atoms with Crippen LogP contribution in [0.25, 0.3) is 10.8 Å². The van der Waals surface area contributed by atoms with Gasteiger partial charge in [-0.1, -0.05) is 12.1 Å². The van der Waals surface area contributed by atoms with Gasteiger partial charge in [-0.25, -0.2) is 0 Å². The fourth-order valence-electron chi connectivity index (χ4n) is 4.01. The van der Waals surface area contributed by atoms with Crippen LogP contribution < -0.4 is 15.4 Å². The summed E-state index contributed by atoms with van der Waals surface area (Å²) in [6.07, 6.45) is 8.43. The first-order chi connectivity index (χ1) is 13.3.